The van der Waals surface area contributed by atoms with Crippen molar-refractivity contribution in [3.05, 3.63) is 65.9 Å². The minimum atomic E-state index is -2.53. The van der Waals surface area contributed by atoms with Crippen LogP contribution in [0.1, 0.15) is 24.5 Å². The summed E-state index contributed by atoms with van der Waals surface area (Å²) in [6, 6.07) is 14.9. The summed E-state index contributed by atoms with van der Waals surface area (Å²) in [6.07, 6.45) is 1.47. The van der Waals surface area contributed by atoms with Gasteiger partial charge >= 0.3 is 5.97 Å². The van der Waals surface area contributed by atoms with Crippen LogP contribution in [0, 0.1) is 11.8 Å². The van der Waals surface area contributed by atoms with Crippen molar-refractivity contribution < 1.29 is 23.4 Å². The van der Waals surface area contributed by atoms with Crippen LogP contribution in [-0.2, 0) is 16.1 Å². The standard InChI is InChI=1S/C26H28N4O5S/c1-19(17-26(31)32)30(36(33)34)29-15-13-28(14-16-29)22-8-5-20(6-9-22)3-4-21-7-10-24-23(18-21)25(35-2)11-12-27-24/h5-12,18-19H,13-17H2,1-2H3,(H,31,32)(H,33,34)/p-1. The van der Waals surface area contributed by atoms with E-state index in [0.717, 1.165) is 37.9 Å². The van der Waals surface area contributed by atoms with Crippen LogP contribution in [0.4, 0.5) is 5.69 Å². The number of hydrogen-bond acceptors (Lipinski definition) is 7. The number of pyridine rings is 1. The lowest BCUT2D eigenvalue weighted by Crippen LogP contribution is -2.57. The number of carboxylic acids is 1. The number of anilines is 1. The van der Waals surface area contributed by atoms with Gasteiger partial charge in [0.25, 0.3) is 0 Å². The van der Waals surface area contributed by atoms with Crippen molar-refractivity contribution in [2.24, 2.45) is 0 Å². The molecule has 36 heavy (non-hydrogen) atoms. The molecule has 0 radical (unpaired) electrons. The minimum absolute atomic E-state index is 0.250. The molecule has 0 spiro atoms. The molecule has 10 heteroatoms. The van der Waals surface area contributed by atoms with Gasteiger partial charge in [-0.15, -0.1) is 0 Å². The molecule has 188 valence electrons. The number of methoxy groups -OCH3 is 1. The summed E-state index contributed by atoms with van der Waals surface area (Å²) in [7, 11) is 1.63. The number of hydrazine groups is 1. The van der Waals surface area contributed by atoms with Gasteiger partial charge in [0.1, 0.15) is 5.75 Å². The number of rotatable bonds is 7. The maximum Gasteiger partial charge on any atom is 0.305 e. The molecule has 0 aliphatic carbocycles. The lowest BCUT2D eigenvalue weighted by atomic mass is 10.1. The average molecular weight is 508 g/mol. The Bertz CT molecular complexity index is 1310. The predicted octanol–water partition coefficient (Wildman–Crippen LogP) is 2.64. The molecular formula is C26H27N4O5S-. The number of nitrogens with zero attached hydrogens (tertiary/aromatic N) is 4. The summed E-state index contributed by atoms with van der Waals surface area (Å²) in [5, 5.41) is 11.6. The van der Waals surface area contributed by atoms with Gasteiger partial charge in [-0.1, -0.05) is 11.8 Å². The van der Waals surface area contributed by atoms with Crippen molar-refractivity contribution in [1.82, 2.24) is 14.4 Å². The number of aliphatic carboxylic acids is 1. The first-order valence-corrected chi connectivity index (χ1v) is 12.5. The third kappa shape index (κ3) is 6.01. The number of ether oxygens (including phenoxy) is 1. The van der Waals surface area contributed by atoms with Crippen LogP contribution in [-0.4, -0.2) is 73.6 Å². The third-order valence-corrected chi connectivity index (χ3v) is 6.94. The Kier molecular flexibility index (Phi) is 8.18. The van der Waals surface area contributed by atoms with E-state index in [1.165, 1.54) is 0 Å². The highest BCUT2D eigenvalue weighted by atomic mass is 32.2. The molecule has 0 bridgehead atoms. The van der Waals surface area contributed by atoms with Crippen LogP contribution in [0.5, 0.6) is 5.75 Å². The van der Waals surface area contributed by atoms with E-state index in [9.17, 15) is 13.6 Å². The van der Waals surface area contributed by atoms with Crippen LogP contribution in [0.2, 0.25) is 0 Å². The number of aromatic nitrogens is 1. The molecule has 1 aliphatic rings. The molecule has 3 aromatic rings. The fourth-order valence-electron chi connectivity index (χ4n) is 4.28. The molecule has 4 rings (SSSR count). The van der Waals surface area contributed by atoms with E-state index in [1.807, 2.05) is 48.5 Å². The largest absolute Gasteiger partial charge is 0.759 e. The zero-order valence-electron chi connectivity index (χ0n) is 20.1. The van der Waals surface area contributed by atoms with Gasteiger partial charge in [0.2, 0.25) is 0 Å². The average Bonchev–Trinajstić information content (AvgIpc) is 2.87. The highest BCUT2D eigenvalue weighted by Gasteiger charge is 2.27. The molecule has 2 unspecified atom stereocenters. The van der Waals surface area contributed by atoms with E-state index in [4.69, 9.17) is 9.84 Å². The molecule has 2 aromatic carbocycles. The molecule has 1 N–H and O–H groups in total. The molecule has 1 saturated heterocycles. The number of hydrogen-bond donors (Lipinski definition) is 1. The molecule has 2 atom stereocenters. The Morgan fingerprint density at radius 3 is 2.44 bits per heavy atom. The summed E-state index contributed by atoms with van der Waals surface area (Å²) in [4.78, 5) is 17.5. The minimum Gasteiger partial charge on any atom is -0.759 e. The van der Waals surface area contributed by atoms with E-state index in [2.05, 4.69) is 21.7 Å². The van der Waals surface area contributed by atoms with Gasteiger partial charge in [0.05, 0.1) is 19.0 Å². The molecule has 2 heterocycles. The Morgan fingerprint density at radius 1 is 1.14 bits per heavy atom. The molecule has 1 aliphatic heterocycles. The zero-order valence-corrected chi connectivity index (χ0v) is 20.9. The Balaban J connectivity index is 1.40. The van der Waals surface area contributed by atoms with Gasteiger partial charge in [0, 0.05) is 71.9 Å². The van der Waals surface area contributed by atoms with Crippen molar-refractivity contribution in [2.75, 3.05) is 38.2 Å². The molecule has 1 fully saturated rings. The summed E-state index contributed by atoms with van der Waals surface area (Å²) < 4.78 is 30.0. The second-order valence-corrected chi connectivity index (χ2v) is 9.26. The lowest BCUT2D eigenvalue weighted by molar-refractivity contribution is -0.139. The van der Waals surface area contributed by atoms with Crippen molar-refractivity contribution in [3.63, 3.8) is 0 Å². The Labute approximate surface area is 212 Å². The van der Waals surface area contributed by atoms with E-state index in [1.54, 1.807) is 25.2 Å². The van der Waals surface area contributed by atoms with Crippen molar-refractivity contribution >= 4 is 33.8 Å². The Morgan fingerprint density at radius 2 is 1.81 bits per heavy atom. The van der Waals surface area contributed by atoms with E-state index in [0.29, 0.717) is 26.2 Å². The van der Waals surface area contributed by atoms with Gasteiger partial charge in [0.15, 0.2) is 0 Å². The fourth-order valence-corrected chi connectivity index (χ4v) is 5.00. The van der Waals surface area contributed by atoms with Gasteiger partial charge in [-0.25, -0.2) is 5.01 Å². The first kappa shape index (κ1) is 25.6. The van der Waals surface area contributed by atoms with Crippen LogP contribution < -0.4 is 9.64 Å². The van der Waals surface area contributed by atoms with Crippen LogP contribution in [0.3, 0.4) is 0 Å². The monoisotopic (exact) mass is 507 g/mol. The fraction of sp³-hybridized carbons (Fsp3) is 0.308. The smallest absolute Gasteiger partial charge is 0.305 e. The van der Waals surface area contributed by atoms with Crippen LogP contribution in [0.15, 0.2) is 54.7 Å². The number of carbonyl (C=O) groups is 1. The second kappa shape index (κ2) is 11.5. The quantitative estimate of drug-likeness (QED) is 0.384. The van der Waals surface area contributed by atoms with Crippen molar-refractivity contribution in [2.45, 2.75) is 19.4 Å². The molecule has 9 nitrogen and oxygen atoms in total. The summed E-state index contributed by atoms with van der Waals surface area (Å²) >= 11 is -2.53. The van der Waals surface area contributed by atoms with E-state index in [-0.39, 0.29) is 6.42 Å². The highest BCUT2D eigenvalue weighted by molar-refractivity contribution is 7.76. The summed E-state index contributed by atoms with van der Waals surface area (Å²) in [5.41, 5.74) is 3.62. The van der Waals surface area contributed by atoms with Gasteiger partial charge in [-0.2, -0.15) is 4.41 Å². The highest BCUT2D eigenvalue weighted by Crippen LogP contribution is 2.24. The van der Waals surface area contributed by atoms with Gasteiger partial charge in [-0.05, 0) is 55.5 Å². The molecule has 0 saturated carbocycles. The van der Waals surface area contributed by atoms with Crippen LogP contribution in [0.25, 0.3) is 10.9 Å². The van der Waals surface area contributed by atoms with Crippen molar-refractivity contribution in [3.8, 4) is 17.6 Å². The van der Waals surface area contributed by atoms with E-state index < -0.39 is 23.3 Å². The number of fused-ring (bicyclic) bond motifs is 1. The SMILES string of the molecule is COc1ccnc2ccc(C#Cc3ccc(N4CCN(N(C(C)CC(=O)O)S(=O)[O-])CC4)cc3)cc12. The van der Waals surface area contributed by atoms with Gasteiger partial charge < -0.3 is 19.3 Å². The zero-order chi connectivity index (χ0) is 25.7. The topological polar surface area (TPSA) is 109 Å². The molecule has 1 aromatic heterocycles. The van der Waals surface area contributed by atoms with Crippen LogP contribution >= 0.6 is 0 Å². The summed E-state index contributed by atoms with van der Waals surface area (Å²) in [6.45, 7) is 3.78. The molecular weight excluding hydrogens is 480 g/mol. The first-order valence-electron chi connectivity index (χ1n) is 11.5. The first-order chi connectivity index (χ1) is 17.4. The normalized spacial score (nSPS) is 15.8. The predicted molar refractivity (Wildman–Crippen MR) is 137 cm³/mol. The lowest BCUT2D eigenvalue weighted by Gasteiger charge is -2.44. The van der Waals surface area contributed by atoms with E-state index >= 15 is 0 Å². The third-order valence-electron chi connectivity index (χ3n) is 6.04. The van der Waals surface area contributed by atoms with Crippen molar-refractivity contribution in [1.29, 1.82) is 0 Å². The molecule has 0 amide bonds. The number of carboxylic acid groups (broad SMARTS) is 1. The van der Waals surface area contributed by atoms with Gasteiger partial charge in [-0.3, -0.25) is 14.0 Å². The number of benzene rings is 2. The Hall–Kier alpha value is -3.49. The summed E-state index contributed by atoms with van der Waals surface area (Å²) in [5.74, 6) is 6.12. The number of piperazine rings is 1. The second-order valence-electron chi connectivity index (χ2n) is 8.45. The maximum absolute atomic E-state index is 11.7. The maximum atomic E-state index is 11.7.